The van der Waals surface area contributed by atoms with E-state index in [1.165, 1.54) is 4.90 Å². The van der Waals surface area contributed by atoms with Crippen LogP contribution in [0.25, 0.3) is 0 Å². The van der Waals surface area contributed by atoms with E-state index in [1.807, 2.05) is 0 Å². The van der Waals surface area contributed by atoms with Gasteiger partial charge in [0.2, 0.25) is 11.8 Å². The van der Waals surface area contributed by atoms with Crippen molar-refractivity contribution in [1.29, 1.82) is 0 Å². The first-order valence-corrected chi connectivity index (χ1v) is 8.89. The third-order valence-electron chi connectivity index (χ3n) is 4.98. The average Bonchev–Trinajstić information content (AvgIpc) is 2.95. The molecule has 7 nitrogen and oxygen atoms in total. The second-order valence-corrected chi connectivity index (χ2v) is 6.75. The lowest BCUT2D eigenvalue weighted by molar-refractivity contribution is -0.136. The monoisotopic (exact) mass is 380 g/mol. The van der Waals surface area contributed by atoms with Gasteiger partial charge in [0, 0.05) is 25.1 Å². The maximum absolute atomic E-state index is 13.1. The summed E-state index contributed by atoms with van der Waals surface area (Å²) in [4.78, 5) is 37.8. The maximum atomic E-state index is 13.1. The van der Waals surface area contributed by atoms with E-state index in [4.69, 9.17) is 5.73 Å². The summed E-state index contributed by atoms with van der Waals surface area (Å²) in [5.74, 6) is -1.14. The van der Waals surface area contributed by atoms with Gasteiger partial charge in [-0.05, 0) is 30.5 Å². The minimum atomic E-state index is -2.55. The summed E-state index contributed by atoms with van der Waals surface area (Å²) in [6.07, 6.45) is -1.97. The molecule has 4 N–H and O–H groups in total. The molecule has 2 unspecified atom stereocenters. The molecular formula is C18H22F2N4O3. The SMILES string of the molecule is NCCC(NCc1cccc2c1C(=O)N(C1CCC(=O)NC1=O)C2)C(F)F. The van der Waals surface area contributed by atoms with Gasteiger partial charge in [-0.25, -0.2) is 8.78 Å². The van der Waals surface area contributed by atoms with Crippen molar-refractivity contribution in [3.63, 3.8) is 0 Å². The first-order chi connectivity index (χ1) is 12.9. The highest BCUT2D eigenvalue weighted by Crippen LogP contribution is 2.30. The molecule has 1 aromatic rings. The lowest BCUT2D eigenvalue weighted by Gasteiger charge is -2.29. The van der Waals surface area contributed by atoms with E-state index in [-0.39, 0.29) is 50.7 Å². The van der Waals surface area contributed by atoms with Crippen LogP contribution in [0.2, 0.25) is 0 Å². The Bertz CT molecular complexity index is 756. The molecule has 0 aromatic heterocycles. The Kier molecular flexibility index (Phi) is 5.81. The van der Waals surface area contributed by atoms with Gasteiger partial charge in [0.1, 0.15) is 6.04 Å². The van der Waals surface area contributed by atoms with E-state index in [1.54, 1.807) is 18.2 Å². The van der Waals surface area contributed by atoms with Crippen LogP contribution in [0.5, 0.6) is 0 Å². The number of amides is 3. The van der Waals surface area contributed by atoms with Crippen LogP contribution in [-0.2, 0) is 22.7 Å². The number of hydrogen-bond donors (Lipinski definition) is 3. The normalized spacial score (nSPS) is 20.8. The Morgan fingerprint density at radius 3 is 2.74 bits per heavy atom. The van der Waals surface area contributed by atoms with E-state index in [0.29, 0.717) is 11.1 Å². The quantitative estimate of drug-likeness (QED) is 0.598. The topological polar surface area (TPSA) is 105 Å². The number of halogens is 2. The number of fused-ring (bicyclic) bond motifs is 1. The van der Waals surface area contributed by atoms with Crippen molar-refractivity contribution in [2.45, 2.75) is 50.9 Å². The van der Waals surface area contributed by atoms with Crippen LogP contribution in [0.3, 0.4) is 0 Å². The standard InChI is InChI=1S/C18H22F2N4O3/c19-16(20)12(6-7-21)22-8-10-2-1-3-11-9-24(18(27)15(10)11)13-4-5-14(25)23-17(13)26/h1-3,12-13,16,22H,4-9,21H2,(H,23,25,26). The molecule has 1 fully saturated rings. The van der Waals surface area contributed by atoms with Gasteiger partial charge in [-0.15, -0.1) is 0 Å². The number of carbonyl (C=O) groups is 3. The van der Waals surface area contributed by atoms with Crippen molar-refractivity contribution in [2.75, 3.05) is 6.54 Å². The van der Waals surface area contributed by atoms with Crippen LogP contribution in [0, 0.1) is 0 Å². The fraction of sp³-hybridized carbons (Fsp3) is 0.500. The van der Waals surface area contributed by atoms with Crippen LogP contribution < -0.4 is 16.4 Å². The van der Waals surface area contributed by atoms with Gasteiger partial charge in [-0.3, -0.25) is 19.7 Å². The number of alkyl halides is 2. The molecule has 9 heteroatoms. The average molecular weight is 380 g/mol. The number of nitrogens with two attached hydrogens (primary N) is 1. The van der Waals surface area contributed by atoms with Crippen molar-refractivity contribution in [2.24, 2.45) is 5.73 Å². The molecule has 0 aliphatic carbocycles. The second-order valence-electron chi connectivity index (χ2n) is 6.75. The molecular weight excluding hydrogens is 358 g/mol. The van der Waals surface area contributed by atoms with E-state index >= 15 is 0 Å². The number of piperidine rings is 1. The van der Waals surface area contributed by atoms with E-state index in [2.05, 4.69) is 10.6 Å². The van der Waals surface area contributed by atoms with Gasteiger partial charge in [0.25, 0.3) is 12.3 Å². The summed E-state index contributed by atoms with van der Waals surface area (Å²) in [5.41, 5.74) is 7.17. The van der Waals surface area contributed by atoms with E-state index < -0.39 is 24.4 Å². The van der Waals surface area contributed by atoms with Gasteiger partial charge in [-0.2, -0.15) is 0 Å². The zero-order chi connectivity index (χ0) is 19.6. The van der Waals surface area contributed by atoms with Crippen LogP contribution >= 0.6 is 0 Å². The number of nitrogens with zero attached hydrogens (tertiary/aromatic N) is 1. The summed E-state index contributed by atoms with van der Waals surface area (Å²) in [6, 6.07) is 3.51. The Labute approximate surface area is 155 Å². The molecule has 1 aromatic carbocycles. The molecule has 2 heterocycles. The predicted molar refractivity (Wildman–Crippen MR) is 92.8 cm³/mol. The minimum Gasteiger partial charge on any atom is -0.330 e. The van der Waals surface area contributed by atoms with Crippen LogP contribution in [-0.4, -0.2) is 47.7 Å². The zero-order valence-electron chi connectivity index (χ0n) is 14.7. The molecule has 0 saturated carbocycles. The first kappa shape index (κ1) is 19.4. The molecule has 2 aliphatic heterocycles. The van der Waals surface area contributed by atoms with Crippen molar-refractivity contribution in [3.8, 4) is 0 Å². The Morgan fingerprint density at radius 1 is 1.30 bits per heavy atom. The van der Waals surface area contributed by atoms with E-state index in [0.717, 1.165) is 5.56 Å². The molecule has 2 atom stereocenters. The van der Waals surface area contributed by atoms with Gasteiger partial charge in [0.05, 0.1) is 6.04 Å². The zero-order valence-corrected chi connectivity index (χ0v) is 14.7. The number of rotatable bonds is 7. The maximum Gasteiger partial charge on any atom is 0.255 e. The molecule has 0 spiro atoms. The van der Waals surface area contributed by atoms with Gasteiger partial charge in [0.15, 0.2) is 0 Å². The Balaban J connectivity index is 1.76. The third-order valence-corrected chi connectivity index (χ3v) is 4.98. The second kappa shape index (κ2) is 8.10. The lowest BCUT2D eigenvalue weighted by atomic mass is 10.0. The van der Waals surface area contributed by atoms with Crippen LogP contribution in [0.15, 0.2) is 18.2 Å². The number of nitrogens with one attached hydrogen (secondary N) is 2. The molecule has 0 bridgehead atoms. The molecule has 2 aliphatic rings. The van der Waals surface area contributed by atoms with Crippen molar-refractivity contribution < 1.29 is 23.2 Å². The molecule has 0 radical (unpaired) electrons. The third kappa shape index (κ3) is 3.98. The summed E-state index contributed by atoms with van der Waals surface area (Å²) in [6.45, 7) is 0.500. The highest BCUT2D eigenvalue weighted by molar-refractivity contribution is 6.05. The van der Waals surface area contributed by atoms with Crippen LogP contribution in [0.4, 0.5) is 8.78 Å². The van der Waals surface area contributed by atoms with Gasteiger partial charge >= 0.3 is 0 Å². The number of carbonyl (C=O) groups excluding carboxylic acids is 3. The molecule has 146 valence electrons. The summed E-state index contributed by atoms with van der Waals surface area (Å²) in [7, 11) is 0. The molecule has 1 saturated heterocycles. The molecule has 27 heavy (non-hydrogen) atoms. The minimum absolute atomic E-state index is 0.104. The molecule has 3 rings (SSSR count). The van der Waals surface area contributed by atoms with Crippen LogP contribution in [0.1, 0.15) is 40.7 Å². The highest BCUT2D eigenvalue weighted by Gasteiger charge is 2.40. The molecule has 3 amide bonds. The largest absolute Gasteiger partial charge is 0.330 e. The highest BCUT2D eigenvalue weighted by atomic mass is 19.3. The fourth-order valence-electron chi connectivity index (χ4n) is 3.58. The summed E-state index contributed by atoms with van der Waals surface area (Å²) < 4.78 is 26.1. The van der Waals surface area contributed by atoms with Gasteiger partial charge < -0.3 is 16.0 Å². The van der Waals surface area contributed by atoms with Gasteiger partial charge in [-0.1, -0.05) is 18.2 Å². The van der Waals surface area contributed by atoms with Crippen molar-refractivity contribution >= 4 is 17.7 Å². The van der Waals surface area contributed by atoms with E-state index in [9.17, 15) is 23.2 Å². The number of imide groups is 1. The first-order valence-electron chi connectivity index (χ1n) is 8.89. The number of benzene rings is 1. The summed E-state index contributed by atoms with van der Waals surface area (Å²) >= 11 is 0. The lowest BCUT2D eigenvalue weighted by Crippen LogP contribution is -2.52. The Hall–Kier alpha value is -2.39. The summed E-state index contributed by atoms with van der Waals surface area (Å²) in [5, 5.41) is 5.03. The Morgan fingerprint density at radius 2 is 2.07 bits per heavy atom. The smallest absolute Gasteiger partial charge is 0.255 e. The van der Waals surface area contributed by atoms with Crippen molar-refractivity contribution in [1.82, 2.24) is 15.5 Å². The van der Waals surface area contributed by atoms with Crippen molar-refractivity contribution in [3.05, 3.63) is 34.9 Å². The number of hydrogen-bond acceptors (Lipinski definition) is 5. The fourth-order valence-corrected chi connectivity index (χ4v) is 3.58. The predicted octanol–water partition coefficient (Wildman–Crippen LogP) is 0.520.